The zero-order valence-electron chi connectivity index (χ0n) is 15.4. The van der Waals surface area contributed by atoms with Crippen LogP contribution in [0.4, 0.5) is 0 Å². The third-order valence-electron chi connectivity index (χ3n) is 5.28. The van der Waals surface area contributed by atoms with Crippen molar-refractivity contribution in [1.82, 2.24) is 4.90 Å². The summed E-state index contributed by atoms with van der Waals surface area (Å²) in [7, 11) is 0. The number of hydrogen-bond acceptors (Lipinski definition) is 4. The maximum Gasteiger partial charge on any atom is 0.319 e. The van der Waals surface area contributed by atoms with Crippen molar-refractivity contribution >= 4 is 46.1 Å². The Hall–Kier alpha value is -1.69. The monoisotopic (exact) mass is 434 g/mol. The molecule has 1 N–H and O–H groups in total. The van der Waals surface area contributed by atoms with Crippen LogP contribution in [0.15, 0.2) is 53.5 Å². The molecule has 0 aromatic heterocycles. The van der Waals surface area contributed by atoms with Gasteiger partial charge in [-0.15, -0.1) is 0 Å². The van der Waals surface area contributed by atoms with Crippen LogP contribution in [-0.2, 0) is 4.79 Å². The van der Waals surface area contributed by atoms with Crippen molar-refractivity contribution in [3.63, 3.8) is 0 Å². The summed E-state index contributed by atoms with van der Waals surface area (Å²) in [6.45, 7) is 4.14. The number of halogens is 2. The van der Waals surface area contributed by atoms with E-state index in [2.05, 4.69) is 18.7 Å². The van der Waals surface area contributed by atoms with Crippen molar-refractivity contribution in [3.05, 3.63) is 69.7 Å². The van der Waals surface area contributed by atoms with Gasteiger partial charge in [-0.2, -0.15) is 0 Å². The molecule has 0 aliphatic carbocycles. The van der Waals surface area contributed by atoms with Crippen LogP contribution in [-0.4, -0.2) is 32.4 Å². The topological polar surface area (TPSA) is 52.9 Å². The summed E-state index contributed by atoms with van der Waals surface area (Å²) in [6, 6.07) is 15.1. The van der Waals surface area contributed by atoms with E-state index in [0.717, 1.165) is 16.3 Å². The van der Waals surface area contributed by atoms with Crippen LogP contribution in [0.25, 0.3) is 0 Å². The van der Waals surface area contributed by atoms with Gasteiger partial charge in [0, 0.05) is 10.0 Å². The number of thioether (sulfide) groups is 1. The van der Waals surface area contributed by atoms with Gasteiger partial charge in [0.05, 0.1) is 12.1 Å². The predicted octanol–water partition coefficient (Wildman–Crippen LogP) is 5.67. The first-order chi connectivity index (χ1) is 13.4. The number of benzene rings is 2. The van der Waals surface area contributed by atoms with Gasteiger partial charge in [0.2, 0.25) is 0 Å². The molecule has 4 nitrogen and oxygen atoms in total. The predicted molar refractivity (Wildman–Crippen MR) is 115 cm³/mol. The number of fused-ring (bicyclic) bond motifs is 1. The highest BCUT2D eigenvalue weighted by atomic mass is 35.5. The van der Waals surface area contributed by atoms with Crippen LogP contribution in [0.2, 0.25) is 10.0 Å². The number of aliphatic carboxylic acids is 1. The lowest BCUT2D eigenvalue weighted by Crippen LogP contribution is -2.44. The Bertz CT molecular complexity index is 915. The second kappa shape index (κ2) is 7.62. The number of carbonyl (C=O) groups is 1. The van der Waals surface area contributed by atoms with Crippen LogP contribution in [0.3, 0.4) is 0 Å². The van der Waals surface area contributed by atoms with E-state index in [-0.39, 0.29) is 24.0 Å². The van der Waals surface area contributed by atoms with E-state index in [1.165, 1.54) is 11.8 Å². The molecule has 2 aliphatic rings. The normalized spacial score (nSPS) is 26.5. The number of carboxylic acids is 1. The van der Waals surface area contributed by atoms with E-state index < -0.39 is 11.2 Å². The molecule has 2 unspecified atom stereocenters. The minimum absolute atomic E-state index is 0.0855. The fourth-order valence-corrected chi connectivity index (χ4v) is 5.74. The molecule has 0 amide bonds. The van der Waals surface area contributed by atoms with Gasteiger partial charge in [-0.05, 0) is 41.3 Å². The van der Waals surface area contributed by atoms with Gasteiger partial charge >= 0.3 is 5.97 Å². The maximum atomic E-state index is 11.9. The van der Waals surface area contributed by atoms with Crippen molar-refractivity contribution in [2.24, 2.45) is 10.9 Å². The lowest BCUT2D eigenvalue weighted by Gasteiger charge is -2.35. The zero-order chi connectivity index (χ0) is 20.0. The molecule has 1 fully saturated rings. The molecule has 2 aromatic carbocycles. The van der Waals surface area contributed by atoms with Crippen molar-refractivity contribution in [2.75, 3.05) is 0 Å². The van der Waals surface area contributed by atoms with Crippen LogP contribution in [0, 0.1) is 5.92 Å². The van der Waals surface area contributed by atoms with Crippen molar-refractivity contribution in [2.45, 2.75) is 37.2 Å². The molecular formula is C21H20Cl2N2O2S. The standard InChI is InChI=1S/C21H20Cl2N2O2S/c1-11(2)17-19(20(26)27)28-21-24-16(12-3-7-14(22)8-4-12)18(25(17)21)13-5-9-15(23)10-6-13/h3-11,16-19H,1-2H3,(H,26,27)/t16-,17?,18+,19?/m0/s1. The highest BCUT2D eigenvalue weighted by molar-refractivity contribution is 8.15. The number of amidine groups is 1. The molecule has 4 rings (SSSR count). The van der Waals surface area contributed by atoms with Gasteiger partial charge in [-0.3, -0.25) is 9.79 Å². The van der Waals surface area contributed by atoms with Crippen LogP contribution < -0.4 is 0 Å². The second-order valence-corrected chi connectivity index (χ2v) is 9.40. The van der Waals surface area contributed by atoms with E-state index in [1.54, 1.807) is 0 Å². The first-order valence-corrected chi connectivity index (χ1v) is 10.8. The van der Waals surface area contributed by atoms with Gasteiger partial charge in [0.15, 0.2) is 5.17 Å². The number of aliphatic imine (C=N–C) groups is 1. The summed E-state index contributed by atoms with van der Waals surface area (Å²) in [5.41, 5.74) is 2.13. The van der Waals surface area contributed by atoms with E-state index in [1.807, 2.05) is 48.5 Å². The minimum Gasteiger partial charge on any atom is -0.480 e. The molecule has 7 heteroatoms. The molecule has 146 valence electrons. The zero-order valence-corrected chi connectivity index (χ0v) is 17.7. The van der Waals surface area contributed by atoms with Gasteiger partial charge in [0.1, 0.15) is 11.3 Å². The fraction of sp³-hybridized carbons (Fsp3) is 0.333. The molecule has 1 saturated heterocycles. The summed E-state index contributed by atoms with van der Waals surface area (Å²) in [4.78, 5) is 19.1. The molecule has 0 radical (unpaired) electrons. The van der Waals surface area contributed by atoms with Gasteiger partial charge in [-0.1, -0.05) is 73.1 Å². The maximum absolute atomic E-state index is 11.9. The summed E-state index contributed by atoms with van der Waals surface area (Å²) < 4.78 is 0. The van der Waals surface area contributed by atoms with Crippen molar-refractivity contribution < 1.29 is 9.90 Å². The van der Waals surface area contributed by atoms with Crippen molar-refractivity contribution in [3.8, 4) is 0 Å². The Morgan fingerprint density at radius 1 is 1.04 bits per heavy atom. The lowest BCUT2D eigenvalue weighted by atomic mass is 9.90. The number of nitrogens with zero attached hydrogens (tertiary/aromatic N) is 2. The van der Waals surface area contributed by atoms with Gasteiger partial charge in [-0.25, -0.2) is 0 Å². The molecule has 2 aliphatic heterocycles. The average Bonchev–Trinajstić information content (AvgIpc) is 3.19. The second-order valence-electron chi connectivity index (χ2n) is 7.42. The Balaban J connectivity index is 1.82. The Morgan fingerprint density at radius 3 is 2.07 bits per heavy atom. The summed E-state index contributed by atoms with van der Waals surface area (Å²) in [6.07, 6.45) is 0. The Kier molecular flexibility index (Phi) is 5.34. The number of hydrogen-bond donors (Lipinski definition) is 1. The van der Waals surface area contributed by atoms with Gasteiger partial charge in [0.25, 0.3) is 0 Å². The average molecular weight is 435 g/mol. The molecule has 0 bridgehead atoms. The molecule has 4 atom stereocenters. The fourth-order valence-electron chi connectivity index (χ4n) is 4.05. The van der Waals surface area contributed by atoms with E-state index >= 15 is 0 Å². The molecule has 2 heterocycles. The quantitative estimate of drug-likeness (QED) is 0.672. The molecule has 0 saturated carbocycles. The first kappa shape index (κ1) is 19.6. The first-order valence-electron chi connectivity index (χ1n) is 9.13. The van der Waals surface area contributed by atoms with Crippen LogP contribution in [0.1, 0.15) is 37.1 Å². The molecule has 0 spiro atoms. The highest BCUT2D eigenvalue weighted by Crippen LogP contribution is 2.52. The van der Waals surface area contributed by atoms with Crippen molar-refractivity contribution in [1.29, 1.82) is 0 Å². The third-order valence-corrected chi connectivity index (χ3v) is 7.05. The van der Waals surface area contributed by atoms with E-state index in [4.69, 9.17) is 28.2 Å². The Morgan fingerprint density at radius 2 is 1.57 bits per heavy atom. The van der Waals surface area contributed by atoms with Crippen LogP contribution in [0.5, 0.6) is 0 Å². The Labute approximate surface area is 178 Å². The molecule has 28 heavy (non-hydrogen) atoms. The summed E-state index contributed by atoms with van der Waals surface area (Å²) in [5, 5.41) is 11.4. The summed E-state index contributed by atoms with van der Waals surface area (Å²) in [5.74, 6) is -0.626. The largest absolute Gasteiger partial charge is 0.480 e. The molecule has 2 aromatic rings. The smallest absolute Gasteiger partial charge is 0.319 e. The summed E-state index contributed by atoms with van der Waals surface area (Å²) >= 11 is 13.5. The third kappa shape index (κ3) is 3.40. The minimum atomic E-state index is -0.793. The van der Waals surface area contributed by atoms with Gasteiger partial charge < -0.3 is 10.0 Å². The number of rotatable bonds is 4. The number of carboxylic acid groups (broad SMARTS) is 1. The van der Waals surface area contributed by atoms with E-state index in [9.17, 15) is 9.90 Å². The van der Waals surface area contributed by atoms with E-state index in [0.29, 0.717) is 10.0 Å². The molecular weight excluding hydrogens is 415 g/mol. The lowest BCUT2D eigenvalue weighted by molar-refractivity contribution is -0.137. The van der Waals surface area contributed by atoms with Crippen LogP contribution >= 0.6 is 35.0 Å². The highest BCUT2D eigenvalue weighted by Gasteiger charge is 2.53. The SMILES string of the molecule is CC(C)C1C(C(=O)O)SC2=N[C@@H](c3ccc(Cl)cc3)[C@@H](c3ccc(Cl)cc3)N21.